The van der Waals surface area contributed by atoms with Crippen LogP contribution in [-0.2, 0) is 6.42 Å². The fourth-order valence-corrected chi connectivity index (χ4v) is 1.69. The second-order valence-electron chi connectivity index (χ2n) is 1.89. The van der Waals surface area contributed by atoms with E-state index in [1.54, 1.807) is 5.51 Å². The minimum absolute atomic E-state index is 0.216. The molecule has 56 valence electrons. The van der Waals surface area contributed by atoms with E-state index in [-0.39, 0.29) is 6.61 Å². The molecule has 0 fully saturated rings. The summed E-state index contributed by atoms with van der Waals surface area (Å²) in [4.78, 5) is 4.94. The van der Waals surface area contributed by atoms with Gasteiger partial charge in [0.2, 0.25) is 0 Å². The maximum atomic E-state index is 8.50. The lowest BCUT2D eigenvalue weighted by atomic mass is 10.3. The number of nitrogens with zero attached hydrogens (tertiary/aromatic N) is 1. The lowest BCUT2D eigenvalue weighted by Gasteiger charge is -1.92. The van der Waals surface area contributed by atoms with Crippen molar-refractivity contribution in [2.75, 3.05) is 6.61 Å². The van der Waals surface area contributed by atoms with Gasteiger partial charge in [-0.3, -0.25) is 0 Å². The van der Waals surface area contributed by atoms with Crippen molar-refractivity contribution in [1.29, 1.82) is 0 Å². The van der Waals surface area contributed by atoms with Gasteiger partial charge in [0.05, 0.1) is 5.51 Å². The van der Waals surface area contributed by atoms with Gasteiger partial charge in [0.25, 0.3) is 0 Å². The summed E-state index contributed by atoms with van der Waals surface area (Å²) in [6, 6.07) is 0. The Labute approximate surface area is 68.5 Å². The van der Waals surface area contributed by atoms with Crippen molar-refractivity contribution in [2.24, 2.45) is 0 Å². The van der Waals surface area contributed by atoms with Crippen molar-refractivity contribution in [3.8, 4) is 0 Å². The molecule has 0 unspecified atom stereocenters. The summed E-state index contributed by atoms with van der Waals surface area (Å²) in [7, 11) is 0. The van der Waals surface area contributed by atoms with Gasteiger partial charge >= 0.3 is 0 Å². The van der Waals surface area contributed by atoms with Gasteiger partial charge in [-0.25, -0.2) is 4.98 Å². The number of aromatic nitrogens is 1. The van der Waals surface area contributed by atoms with Gasteiger partial charge in [0.1, 0.15) is 5.15 Å². The first-order chi connectivity index (χ1) is 4.84. The Morgan fingerprint density at radius 3 is 3.00 bits per heavy atom. The van der Waals surface area contributed by atoms with E-state index in [0.29, 0.717) is 5.15 Å². The maximum Gasteiger partial charge on any atom is 0.143 e. The van der Waals surface area contributed by atoms with Gasteiger partial charge in [-0.2, -0.15) is 0 Å². The predicted octanol–water partition coefficient (Wildman–Crippen LogP) is 1.72. The first-order valence-corrected chi connectivity index (χ1v) is 4.29. The fourth-order valence-electron chi connectivity index (χ4n) is 0.659. The molecule has 1 aromatic heterocycles. The van der Waals surface area contributed by atoms with Gasteiger partial charge in [-0.15, -0.1) is 11.3 Å². The van der Waals surface area contributed by atoms with Gasteiger partial charge in [0, 0.05) is 11.5 Å². The van der Waals surface area contributed by atoms with Gasteiger partial charge in [-0.05, 0) is 12.8 Å². The normalized spacial score (nSPS) is 10.2. The van der Waals surface area contributed by atoms with Crippen molar-refractivity contribution in [1.82, 2.24) is 4.98 Å². The third-order valence-corrected chi connectivity index (χ3v) is 2.48. The molecule has 0 aliphatic rings. The highest BCUT2D eigenvalue weighted by atomic mass is 35.5. The largest absolute Gasteiger partial charge is 0.396 e. The first kappa shape index (κ1) is 7.98. The summed E-state index contributed by atoms with van der Waals surface area (Å²) < 4.78 is 0. The van der Waals surface area contributed by atoms with E-state index in [2.05, 4.69) is 4.98 Å². The van der Waals surface area contributed by atoms with Crippen LogP contribution >= 0.6 is 22.9 Å². The molecule has 1 rings (SSSR count). The Hall–Kier alpha value is -0.120. The molecule has 1 heterocycles. The average Bonchev–Trinajstić information content (AvgIpc) is 2.31. The zero-order chi connectivity index (χ0) is 7.40. The molecular weight excluding hydrogens is 170 g/mol. The molecule has 0 saturated heterocycles. The van der Waals surface area contributed by atoms with E-state index in [1.165, 1.54) is 11.3 Å². The highest BCUT2D eigenvalue weighted by Crippen LogP contribution is 2.19. The Bertz CT molecular complexity index is 201. The molecular formula is C6H8ClNOS. The molecule has 0 saturated carbocycles. The minimum atomic E-state index is 0.216. The van der Waals surface area contributed by atoms with Crippen molar-refractivity contribution < 1.29 is 5.11 Å². The summed E-state index contributed by atoms with van der Waals surface area (Å²) in [5, 5.41) is 9.08. The third kappa shape index (κ3) is 1.94. The Balaban J connectivity index is 2.49. The molecule has 0 aliphatic heterocycles. The maximum absolute atomic E-state index is 8.50. The molecule has 0 amide bonds. The van der Waals surface area contributed by atoms with Gasteiger partial charge < -0.3 is 5.11 Å². The topological polar surface area (TPSA) is 33.1 Å². The summed E-state index contributed by atoms with van der Waals surface area (Å²) in [6.45, 7) is 0.216. The van der Waals surface area contributed by atoms with E-state index >= 15 is 0 Å². The second kappa shape index (κ2) is 3.91. The molecule has 10 heavy (non-hydrogen) atoms. The SMILES string of the molecule is OCCCc1scnc1Cl. The molecule has 0 aromatic carbocycles. The van der Waals surface area contributed by atoms with Gasteiger partial charge in [-0.1, -0.05) is 11.6 Å². The summed E-state index contributed by atoms with van der Waals surface area (Å²) in [6.07, 6.45) is 1.60. The fraction of sp³-hybridized carbons (Fsp3) is 0.500. The van der Waals surface area contributed by atoms with Crippen LogP contribution in [-0.4, -0.2) is 16.7 Å². The monoisotopic (exact) mass is 177 g/mol. The second-order valence-corrected chi connectivity index (χ2v) is 3.19. The molecule has 4 heteroatoms. The number of hydrogen-bond donors (Lipinski definition) is 1. The highest BCUT2D eigenvalue weighted by Gasteiger charge is 2.00. The third-order valence-electron chi connectivity index (χ3n) is 1.15. The number of hydrogen-bond acceptors (Lipinski definition) is 3. The van der Waals surface area contributed by atoms with Crippen LogP contribution in [0.2, 0.25) is 5.15 Å². The van der Waals surface area contributed by atoms with Crippen molar-refractivity contribution in [3.63, 3.8) is 0 Å². The summed E-state index contributed by atoms with van der Waals surface area (Å²) in [5.41, 5.74) is 1.72. The number of aliphatic hydroxyl groups excluding tert-OH is 1. The number of thiazole rings is 1. The standard InChI is InChI=1S/C6H8ClNOS/c7-6-5(2-1-3-9)10-4-8-6/h4,9H,1-3H2. The zero-order valence-electron chi connectivity index (χ0n) is 5.38. The number of aryl methyl sites for hydroxylation is 1. The number of aliphatic hydroxyl groups is 1. The molecule has 0 spiro atoms. The van der Waals surface area contributed by atoms with Crippen LogP contribution in [0.4, 0.5) is 0 Å². The minimum Gasteiger partial charge on any atom is -0.396 e. The van der Waals surface area contributed by atoms with Crippen molar-refractivity contribution >= 4 is 22.9 Å². The molecule has 2 nitrogen and oxygen atoms in total. The molecule has 1 N–H and O–H groups in total. The summed E-state index contributed by atoms with van der Waals surface area (Å²) in [5.74, 6) is 0. The average molecular weight is 178 g/mol. The predicted molar refractivity (Wildman–Crippen MR) is 42.5 cm³/mol. The van der Waals surface area contributed by atoms with Crippen LogP contribution < -0.4 is 0 Å². The highest BCUT2D eigenvalue weighted by molar-refractivity contribution is 7.10. The smallest absolute Gasteiger partial charge is 0.143 e. The van der Waals surface area contributed by atoms with Crippen LogP contribution in [0.3, 0.4) is 0 Å². The first-order valence-electron chi connectivity index (χ1n) is 3.03. The molecule has 1 aromatic rings. The van der Waals surface area contributed by atoms with E-state index in [9.17, 15) is 0 Å². The van der Waals surface area contributed by atoms with Crippen molar-refractivity contribution in [2.45, 2.75) is 12.8 Å². The lowest BCUT2D eigenvalue weighted by molar-refractivity contribution is 0.289. The molecule has 0 bridgehead atoms. The van der Waals surface area contributed by atoms with Crippen LogP contribution in [0, 0.1) is 0 Å². The Morgan fingerprint density at radius 1 is 1.70 bits per heavy atom. The molecule has 0 atom stereocenters. The molecule has 0 aliphatic carbocycles. The zero-order valence-corrected chi connectivity index (χ0v) is 6.95. The van der Waals surface area contributed by atoms with Crippen LogP contribution in [0.15, 0.2) is 5.51 Å². The van der Waals surface area contributed by atoms with E-state index in [0.717, 1.165) is 17.7 Å². The van der Waals surface area contributed by atoms with E-state index < -0.39 is 0 Å². The van der Waals surface area contributed by atoms with E-state index in [1.807, 2.05) is 0 Å². The number of rotatable bonds is 3. The summed E-state index contributed by atoms with van der Waals surface area (Å²) >= 11 is 7.23. The lowest BCUT2D eigenvalue weighted by Crippen LogP contribution is -1.86. The molecule has 0 radical (unpaired) electrons. The number of halogens is 1. The Morgan fingerprint density at radius 2 is 2.50 bits per heavy atom. The van der Waals surface area contributed by atoms with Gasteiger partial charge in [0.15, 0.2) is 0 Å². The van der Waals surface area contributed by atoms with Crippen LogP contribution in [0.25, 0.3) is 0 Å². The Kier molecular flexibility index (Phi) is 3.12. The van der Waals surface area contributed by atoms with E-state index in [4.69, 9.17) is 16.7 Å². The van der Waals surface area contributed by atoms with Crippen molar-refractivity contribution in [3.05, 3.63) is 15.5 Å². The quantitative estimate of drug-likeness (QED) is 0.763. The van der Waals surface area contributed by atoms with Crippen LogP contribution in [0.1, 0.15) is 11.3 Å². The van der Waals surface area contributed by atoms with Crippen LogP contribution in [0.5, 0.6) is 0 Å².